The molecule has 1 aromatic rings. The molecule has 2 N–H and O–H groups in total. The Hall–Kier alpha value is -1.40. The summed E-state index contributed by atoms with van der Waals surface area (Å²) in [7, 11) is -3.80. The second-order valence-corrected chi connectivity index (χ2v) is 4.66. The highest BCUT2D eigenvalue weighted by Crippen LogP contribution is 2.14. The van der Waals surface area contributed by atoms with E-state index in [1.54, 1.807) is 19.1 Å². The molecule has 0 amide bonds. The number of primary sulfonamides is 1. The number of hydrogen-bond acceptors (Lipinski definition) is 4. The van der Waals surface area contributed by atoms with Gasteiger partial charge < -0.3 is 4.74 Å². The van der Waals surface area contributed by atoms with Crippen molar-refractivity contribution in [3.63, 3.8) is 0 Å². The summed E-state index contributed by atoms with van der Waals surface area (Å²) in [5.74, 6) is -0.474. The zero-order chi connectivity index (χ0) is 12.2. The molecule has 0 fully saturated rings. The van der Waals surface area contributed by atoms with E-state index in [0.29, 0.717) is 5.56 Å². The first-order chi connectivity index (χ1) is 7.45. The summed E-state index contributed by atoms with van der Waals surface area (Å²) >= 11 is 0. The molecule has 0 radical (unpaired) electrons. The molecule has 1 aromatic carbocycles. The lowest BCUT2D eigenvalue weighted by atomic mass is 10.1. The molecule has 0 aliphatic rings. The van der Waals surface area contributed by atoms with Crippen molar-refractivity contribution < 1.29 is 17.9 Å². The third-order valence-electron chi connectivity index (χ3n) is 1.92. The molecule has 0 unspecified atom stereocenters. The predicted octanol–water partition coefficient (Wildman–Crippen LogP) is 0.440. The highest BCUT2D eigenvalue weighted by molar-refractivity contribution is 7.89. The standard InChI is InChI=1S/C10H13NO4S/c1-2-15-10(12)7-8-5-3-4-6-9(8)16(11,13)14/h3-6H,2,7H2,1H3,(H2,11,13,14). The highest BCUT2D eigenvalue weighted by Gasteiger charge is 2.15. The summed E-state index contributed by atoms with van der Waals surface area (Å²) in [5.41, 5.74) is 0.350. The first-order valence-corrected chi connectivity index (χ1v) is 6.26. The fourth-order valence-corrected chi connectivity index (χ4v) is 2.07. The van der Waals surface area contributed by atoms with Crippen LogP contribution in [0.1, 0.15) is 12.5 Å². The topological polar surface area (TPSA) is 86.5 Å². The zero-order valence-electron chi connectivity index (χ0n) is 8.84. The summed E-state index contributed by atoms with van der Waals surface area (Å²) in [6.07, 6.45) is -0.0968. The predicted molar refractivity (Wildman–Crippen MR) is 58.2 cm³/mol. The molecule has 88 valence electrons. The maximum atomic E-state index is 11.2. The Labute approximate surface area is 94.3 Å². The van der Waals surface area contributed by atoms with Crippen LogP contribution in [0.5, 0.6) is 0 Å². The van der Waals surface area contributed by atoms with Crippen molar-refractivity contribution in [2.24, 2.45) is 5.14 Å². The first-order valence-electron chi connectivity index (χ1n) is 4.71. The maximum Gasteiger partial charge on any atom is 0.310 e. The molecule has 0 aromatic heterocycles. The molecule has 0 bridgehead atoms. The molecule has 5 nitrogen and oxygen atoms in total. The van der Waals surface area contributed by atoms with E-state index in [1.165, 1.54) is 12.1 Å². The van der Waals surface area contributed by atoms with Crippen LogP contribution in [0, 0.1) is 0 Å². The van der Waals surface area contributed by atoms with Gasteiger partial charge in [0.2, 0.25) is 10.0 Å². The summed E-state index contributed by atoms with van der Waals surface area (Å²) in [5, 5.41) is 5.03. The SMILES string of the molecule is CCOC(=O)Cc1ccccc1S(N)(=O)=O. The number of ether oxygens (including phenoxy) is 1. The summed E-state index contributed by atoms with van der Waals surface area (Å²) < 4.78 is 27.2. The molecular weight excluding hydrogens is 230 g/mol. The molecule has 0 aliphatic carbocycles. The lowest BCUT2D eigenvalue weighted by Crippen LogP contribution is -2.16. The van der Waals surface area contributed by atoms with Crippen LogP contribution >= 0.6 is 0 Å². The van der Waals surface area contributed by atoms with Gasteiger partial charge in [0.1, 0.15) is 0 Å². The van der Waals surface area contributed by atoms with Crippen LogP contribution in [0.3, 0.4) is 0 Å². The average Bonchev–Trinajstić information content (AvgIpc) is 2.17. The molecule has 16 heavy (non-hydrogen) atoms. The average molecular weight is 243 g/mol. The van der Waals surface area contributed by atoms with Crippen LogP contribution in [0.4, 0.5) is 0 Å². The minimum absolute atomic E-state index is 0.0388. The minimum Gasteiger partial charge on any atom is -0.466 e. The Kier molecular flexibility index (Phi) is 4.03. The molecule has 0 atom stereocenters. The van der Waals surface area contributed by atoms with Crippen LogP contribution in [-0.4, -0.2) is 21.0 Å². The van der Waals surface area contributed by atoms with Crippen molar-refractivity contribution in [1.82, 2.24) is 0 Å². The Morgan fingerprint density at radius 2 is 2.00 bits per heavy atom. The van der Waals surface area contributed by atoms with E-state index in [0.717, 1.165) is 0 Å². The van der Waals surface area contributed by atoms with Gasteiger partial charge in [-0.2, -0.15) is 0 Å². The number of nitrogens with two attached hydrogens (primary N) is 1. The quantitative estimate of drug-likeness (QED) is 0.777. The van der Waals surface area contributed by atoms with Gasteiger partial charge in [-0.25, -0.2) is 13.6 Å². The normalized spacial score (nSPS) is 11.1. The Morgan fingerprint density at radius 1 is 1.38 bits per heavy atom. The second kappa shape index (κ2) is 5.09. The van der Waals surface area contributed by atoms with E-state index in [4.69, 9.17) is 9.88 Å². The number of carbonyl (C=O) groups excluding carboxylic acids is 1. The molecule has 0 spiro atoms. The van der Waals surface area contributed by atoms with Crippen LogP contribution in [0.25, 0.3) is 0 Å². The lowest BCUT2D eigenvalue weighted by molar-refractivity contribution is -0.142. The fraction of sp³-hybridized carbons (Fsp3) is 0.300. The van der Waals surface area contributed by atoms with Gasteiger partial charge in [0.15, 0.2) is 0 Å². The van der Waals surface area contributed by atoms with Gasteiger partial charge in [-0.15, -0.1) is 0 Å². The lowest BCUT2D eigenvalue weighted by Gasteiger charge is -2.06. The minimum atomic E-state index is -3.80. The van der Waals surface area contributed by atoms with Crippen molar-refractivity contribution in [1.29, 1.82) is 0 Å². The number of hydrogen-bond donors (Lipinski definition) is 1. The fourth-order valence-electron chi connectivity index (χ4n) is 1.29. The van der Waals surface area contributed by atoms with Crippen LogP contribution in [-0.2, 0) is 26.0 Å². The van der Waals surface area contributed by atoms with E-state index >= 15 is 0 Å². The maximum absolute atomic E-state index is 11.2. The molecule has 0 saturated carbocycles. The van der Waals surface area contributed by atoms with E-state index in [1.807, 2.05) is 0 Å². The summed E-state index contributed by atoms with van der Waals surface area (Å²) in [6.45, 7) is 1.94. The van der Waals surface area contributed by atoms with Crippen molar-refractivity contribution in [2.45, 2.75) is 18.2 Å². The third-order valence-corrected chi connectivity index (χ3v) is 2.93. The van der Waals surface area contributed by atoms with Gasteiger partial charge in [-0.05, 0) is 18.6 Å². The van der Waals surface area contributed by atoms with E-state index in [9.17, 15) is 13.2 Å². The molecule has 0 saturated heterocycles. The Bertz CT molecular complexity index is 481. The highest BCUT2D eigenvalue weighted by atomic mass is 32.2. The van der Waals surface area contributed by atoms with Gasteiger partial charge in [0.25, 0.3) is 0 Å². The second-order valence-electron chi connectivity index (χ2n) is 3.13. The molecule has 0 aliphatic heterocycles. The van der Waals surface area contributed by atoms with Crippen molar-refractivity contribution in [2.75, 3.05) is 6.61 Å². The number of benzene rings is 1. The molecular formula is C10H13NO4S. The summed E-state index contributed by atoms with van der Waals surface area (Å²) in [4.78, 5) is 11.2. The molecule has 0 heterocycles. The van der Waals surface area contributed by atoms with Gasteiger partial charge in [0, 0.05) is 0 Å². The molecule has 1 rings (SSSR count). The summed E-state index contributed by atoms with van der Waals surface area (Å²) in [6, 6.07) is 6.10. The Morgan fingerprint density at radius 3 is 2.56 bits per heavy atom. The van der Waals surface area contributed by atoms with Gasteiger partial charge in [-0.1, -0.05) is 18.2 Å². The van der Waals surface area contributed by atoms with Crippen LogP contribution < -0.4 is 5.14 Å². The van der Waals surface area contributed by atoms with Crippen molar-refractivity contribution >= 4 is 16.0 Å². The van der Waals surface area contributed by atoms with Crippen molar-refractivity contribution in [3.05, 3.63) is 29.8 Å². The smallest absolute Gasteiger partial charge is 0.310 e. The van der Waals surface area contributed by atoms with E-state index in [2.05, 4.69) is 0 Å². The number of esters is 1. The van der Waals surface area contributed by atoms with Gasteiger partial charge in [-0.3, -0.25) is 4.79 Å². The largest absolute Gasteiger partial charge is 0.466 e. The number of rotatable bonds is 4. The number of carbonyl (C=O) groups is 1. The Balaban J connectivity index is 3.01. The van der Waals surface area contributed by atoms with Gasteiger partial charge >= 0.3 is 5.97 Å². The zero-order valence-corrected chi connectivity index (χ0v) is 9.66. The van der Waals surface area contributed by atoms with E-state index < -0.39 is 16.0 Å². The molecule has 6 heteroatoms. The van der Waals surface area contributed by atoms with Crippen LogP contribution in [0.2, 0.25) is 0 Å². The number of sulfonamides is 1. The monoisotopic (exact) mass is 243 g/mol. The van der Waals surface area contributed by atoms with E-state index in [-0.39, 0.29) is 17.9 Å². The van der Waals surface area contributed by atoms with Gasteiger partial charge in [0.05, 0.1) is 17.9 Å². The first kappa shape index (κ1) is 12.7. The van der Waals surface area contributed by atoms with Crippen molar-refractivity contribution in [3.8, 4) is 0 Å². The third kappa shape index (κ3) is 3.32. The van der Waals surface area contributed by atoms with Crippen LogP contribution in [0.15, 0.2) is 29.2 Å².